The number of rotatable bonds is 7. The van der Waals surface area contributed by atoms with Crippen LogP contribution in [0, 0.1) is 6.92 Å². The fourth-order valence-corrected chi connectivity index (χ4v) is 7.61. The summed E-state index contributed by atoms with van der Waals surface area (Å²) >= 11 is 0. The Morgan fingerprint density at radius 1 is 0.339 bits per heavy atom. The second kappa shape index (κ2) is 14.1. The van der Waals surface area contributed by atoms with Crippen molar-refractivity contribution in [2.75, 3.05) is 0 Å². The van der Waals surface area contributed by atoms with Crippen LogP contribution < -0.4 is 0 Å². The van der Waals surface area contributed by atoms with Crippen molar-refractivity contribution in [3.8, 4) is 78.7 Å². The lowest BCUT2D eigenvalue weighted by molar-refractivity contribution is 0.669. The molecule has 2 heterocycles. The maximum absolute atomic E-state index is 6.68. The number of hydrogen-bond acceptors (Lipinski definition) is 4. The summed E-state index contributed by atoms with van der Waals surface area (Å²) in [6.45, 7) is 2.11. The monoisotopic (exact) mass is 717 g/mol. The largest absolute Gasteiger partial charge is 0.456 e. The van der Waals surface area contributed by atoms with Gasteiger partial charge < -0.3 is 4.42 Å². The van der Waals surface area contributed by atoms with Crippen LogP contribution in [0.15, 0.2) is 199 Å². The average molecular weight is 718 g/mol. The summed E-state index contributed by atoms with van der Waals surface area (Å²) in [6.07, 6.45) is 0. The van der Waals surface area contributed by atoms with Crippen molar-refractivity contribution in [1.82, 2.24) is 15.0 Å². The van der Waals surface area contributed by atoms with Crippen molar-refractivity contribution < 1.29 is 4.42 Å². The van der Waals surface area contributed by atoms with Crippen molar-refractivity contribution in [2.45, 2.75) is 6.92 Å². The molecule has 4 heteroatoms. The molecule has 0 saturated carbocycles. The van der Waals surface area contributed by atoms with Gasteiger partial charge in [-0.15, -0.1) is 0 Å². The Morgan fingerprint density at radius 3 is 1.46 bits per heavy atom. The van der Waals surface area contributed by atoms with Gasteiger partial charge in [-0.1, -0.05) is 181 Å². The highest BCUT2D eigenvalue weighted by Crippen LogP contribution is 2.44. The fraction of sp³-hybridized carbons (Fsp3) is 0.0192. The van der Waals surface area contributed by atoms with E-state index in [0.29, 0.717) is 17.5 Å². The van der Waals surface area contributed by atoms with Gasteiger partial charge in [0, 0.05) is 33.0 Å². The summed E-state index contributed by atoms with van der Waals surface area (Å²) in [5, 5.41) is 2.11. The van der Waals surface area contributed by atoms with Crippen LogP contribution in [0.2, 0.25) is 0 Å². The van der Waals surface area contributed by atoms with Crippen LogP contribution >= 0.6 is 0 Å². The van der Waals surface area contributed by atoms with Gasteiger partial charge in [0.2, 0.25) is 0 Å². The van der Waals surface area contributed by atoms with Crippen LogP contribution in [-0.2, 0) is 0 Å². The molecule has 0 bridgehead atoms. The van der Waals surface area contributed by atoms with Gasteiger partial charge in [0.1, 0.15) is 11.2 Å². The highest BCUT2D eigenvalue weighted by Gasteiger charge is 2.20. The Morgan fingerprint density at radius 2 is 0.821 bits per heavy atom. The van der Waals surface area contributed by atoms with Crippen molar-refractivity contribution in [1.29, 1.82) is 0 Å². The third-order valence-electron chi connectivity index (χ3n) is 10.4. The normalized spacial score (nSPS) is 11.3. The van der Waals surface area contributed by atoms with E-state index in [4.69, 9.17) is 19.4 Å². The van der Waals surface area contributed by atoms with Crippen LogP contribution in [0.4, 0.5) is 0 Å². The first-order valence-electron chi connectivity index (χ1n) is 18.8. The molecule has 0 saturated heterocycles. The number of aryl methyl sites for hydroxylation is 1. The summed E-state index contributed by atoms with van der Waals surface area (Å²) in [5.41, 5.74) is 14.8. The van der Waals surface area contributed by atoms with E-state index in [1.165, 1.54) is 22.3 Å². The summed E-state index contributed by atoms with van der Waals surface area (Å²) in [4.78, 5) is 15.1. The number of fused-ring (bicyclic) bond motifs is 3. The third-order valence-corrected chi connectivity index (χ3v) is 10.4. The van der Waals surface area contributed by atoms with E-state index in [0.717, 1.165) is 66.4 Å². The number of furan rings is 1. The number of aromatic nitrogens is 3. The summed E-state index contributed by atoms with van der Waals surface area (Å²) in [6, 6.07) is 67.6. The number of benzene rings is 8. The molecular weight excluding hydrogens is 683 g/mol. The first-order valence-corrected chi connectivity index (χ1v) is 18.8. The molecule has 0 N–H and O–H groups in total. The summed E-state index contributed by atoms with van der Waals surface area (Å²) < 4.78 is 6.68. The second-order valence-corrected chi connectivity index (χ2v) is 14.1. The first kappa shape index (κ1) is 33.2. The van der Waals surface area contributed by atoms with E-state index in [1.807, 2.05) is 36.4 Å². The number of nitrogens with zero attached hydrogens (tertiary/aromatic N) is 3. The van der Waals surface area contributed by atoms with Gasteiger partial charge in [0.05, 0.1) is 0 Å². The highest BCUT2D eigenvalue weighted by atomic mass is 16.3. The summed E-state index contributed by atoms with van der Waals surface area (Å²) in [5.74, 6) is 1.82. The van der Waals surface area contributed by atoms with Gasteiger partial charge in [-0.3, -0.25) is 0 Å². The molecule has 10 aromatic rings. The zero-order chi connectivity index (χ0) is 37.4. The SMILES string of the molecule is Cc1cccc(-c2ccc(-c3nc(-c4ccccc4)nc(-c4ccc5c(c4)oc4ccc(-c6ccccc6)c(-c6ccc(-c7ccccc7)cc6)c45)n3)cc2)c1. The Kier molecular flexibility index (Phi) is 8.34. The minimum absolute atomic E-state index is 0.584. The topological polar surface area (TPSA) is 51.8 Å². The van der Waals surface area contributed by atoms with Gasteiger partial charge in [-0.2, -0.15) is 0 Å². The van der Waals surface area contributed by atoms with E-state index >= 15 is 0 Å². The Bertz CT molecular complexity index is 2990. The lowest BCUT2D eigenvalue weighted by Crippen LogP contribution is -2.00. The van der Waals surface area contributed by atoms with Crippen LogP contribution in [0.1, 0.15) is 5.56 Å². The van der Waals surface area contributed by atoms with Gasteiger partial charge in [-0.05, 0) is 64.1 Å². The zero-order valence-corrected chi connectivity index (χ0v) is 30.7. The molecule has 10 rings (SSSR count). The minimum atomic E-state index is 0.584. The van der Waals surface area contributed by atoms with E-state index in [2.05, 4.69) is 165 Å². The molecule has 8 aromatic carbocycles. The van der Waals surface area contributed by atoms with Crippen molar-refractivity contribution >= 4 is 21.9 Å². The Balaban J connectivity index is 1.11. The predicted octanol–water partition coefficient (Wildman–Crippen LogP) is 13.7. The molecule has 0 aliphatic carbocycles. The maximum atomic E-state index is 6.68. The van der Waals surface area contributed by atoms with E-state index in [1.54, 1.807) is 0 Å². The lowest BCUT2D eigenvalue weighted by atomic mass is 9.90. The van der Waals surface area contributed by atoms with E-state index < -0.39 is 0 Å². The summed E-state index contributed by atoms with van der Waals surface area (Å²) in [7, 11) is 0. The molecule has 0 spiro atoms. The molecule has 0 atom stereocenters. The van der Waals surface area contributed by atoms with Crippen LogP contribution in [0.25, 0.3) is 101 Å². The Labute approximate surface area is 325 Å². The standard InChI is InChI=1S/C52H35N3O/c1-34-12-11-19-42(32-34)37-22-26-41(27-23-37)51-53-50(40-17-9-4-10-18-40)54-52(55-51)43-28-29-45-47(33-43)56-46-31-30-44(38-15-7-3-8-16-38)48(49(45)46)39-24-20-36(21-25-39)35-13-5-2-6-14-35/h2-33H,1H3. The van der Waals surface area contributed by atoms with Crippen molar-refractivity contribution in [2.24, 2.45) is 0 Å². The molecule has 0 aliphatic heterocycles. The van der Waals surface area contributed by atoms with E-state index in [9.17, 15) is 0 Å². The van der Waals surface area contributed by atoms with Gasteiger partial charge >= 0.3 is 0 Å². The Hall–Kier alpha value is -7.43. The number of hydrogen-bond donors (Lipinski definition) is 0. The molecule has 4 nitrogen and oxygen atoms in total. The molecule has 0 fully saturated rings. The molecule has 0 amide bonds. The predicted molar refractivity (Wildman–Crippen MR) is 230 cm³/mol. The molecule has 56 heavy (non-hydrogen) atoms. The molecular formula is C52H35N3O. The second-order valence-electron chi connectivity index (χ2n) is 14.1. The van der Waals surface area contributed by atoms with Crippen LogP contribution in [0.5, 0.6) is 0 Å². The molecule has 2 aromatic heterocycles. The zero-order valence-electron chi connectivity index (χ0n) is 30.7. The van der Waals surface area contributed by atoms with Gasteiger partial charge in [-0.25, -0.2) is 15.0 Å². The fourth-order valence-electron chi connectivity index (χ4n) is 7.61. The molecule has 0 radical (unpaired) electrons. The van der Waals surface area contributed by atoms with Crippen molar-refractivity contribution in [3.63, 3.8) is 0 Å². The molecule has 0 unspecified atom stereocenters. The average Bonchev–Trinajstić information content (AvgIpc) is 3.65. The van der Waals surface area contributed by atoms with Crippen LogP contribution in [0.3, 0.4) is 0 Å². The van der Waals surface area contributed by atoms with E-state index in [-0.39, 0.29) is 0 Å². The van der Waals surface area contributed by atoms with Gasteiger partial charge in [0.15, 0.2) is 17.5 Å². The minimum Gasteiger partial charge on any atom is -0.456 e. The molecule has 264 valence electrons. The quantitative estimate of drug-likeness (QED) is 0.165. The van der Waals surface area contributed by atoms with Crippen LogP contribution in [-0.4, -0.2) is 15.0 Å². The van der Waals surface area contributed by atoms with Gasteiger partial charge in [0.25, 0.3) is 0 Å². The smallest absolute Gasteiger partial charge is 0.164 e. The van der Waals surface area contributed by atoms with Crippen molar-refractivity contribution in [3.05, 3.63) is 200 Å². The maximum Gasteiger partial charge on any atom is 0.164 e. The third kappa shape index (κ3) is 6.23. The molecule has 0 aliphatic rings. The first-order chi connectivity index (χ1) is 27.6. The highest BCUT2D eigenvalue weighted by molar-refractivity contribution is 6.16. The lowest BCUT2D eigenvalue weighted by Gasteiger charge is -2.13.